The first-order valence-corrected chi connectivity index (χ1v) is 6.52. The Kier molecular flexibility index (Phi) is 4.04. The third-order valence-electron chi connectivity index (χ3n) is 3.15. The molecule has 0 saturated heterocycles. The largest absolute Gasteiger partial charge is 0.466 e. The van der Waals surface area contributed by atoms with E-state index in [-0.39, 0.29) is 12.4 Å². The second-order valence-electron chi connectivity index (χ2n) is 4.74. The van der Waals surface area contributed by atoms with Crippen molar-refractivity contribution in [3.63, 3.8) is 0 Å². The minimum atomic E-state index is -0.939. The van der Waals surface area contributed by atoms with Crippen molar-refractivity contribution < 1.29 is 13.9 Å². The van der Waals surface area contributed by atoms with Crippen LogP contribution in [0.5, 0.6) is 0 Å². The van der Waals surface area contributed by atoms with Gasteiger partial charge in [-0.3, -0.25) is 4.79 Å². The van der Waals surface area contributed by atoms with E-state index in [0.717, 1.165) is 0 Å². The van der Waals surface area contributed by atoms with Crippen molar-refractivity contribution in [2.24, 2.45) is 0 Å². The maximum absolute atomic E-state index is 11.4. The number of nitriles is 1. The average molecular weight is 272 g/mol. The second-order valence-corrected chi connectivity index (χ2v) is 4.74. The van der Waals surface area contributed by atoms with Gasteiger partial charge in [0.2, 0.25) is 5.89 Å². The third-order valence-corrected chi connectivity index (χ3v) is 3.15. The molecule has 0 N–H and O–H groups in total. The fourth-order valence-electron chi connectivity index (χ4n) is 1.90. The summed E-state index contributed by atoms with van der Waals surface area (Å²) in [4.78, 5) is 15.8. The molecule has 5 heteroatoms. The minimum Gasteiger partial charge on any atom is -0.466 e. The Hall–Kier alpha value is -2.35. The highest BCUT2D eigenvalue weighted by Gasteiger charge is 2.33. The number of para-hydroxylation sites is 2. The van der Waals surface area contributed by atoms with E-state index in [0.29, 0.717) is 30.0 Å². The minimum absolute atomic E-state index is 0.163. The number of esters is 1. The maximum atomic E-state index is 11.4. The number of hydrogen-bond donors (Lipinski definition) is 0. The molecule has 0 amide bonds. The number of fused-ring (bicyclic) bond motifs is 1. The first-order chi connectivity index (χ1) is 9.59. The van der Waals surface area contributed by atoms with Gasteiger partial charge in [-0.1, -0.05) is 12.1 Å². The molecule has 0 aliphatic heterocycles. The van der Waals surface area contributed by atoms with Crippen molar-refractivity contribution in [3.05, 3.63) is 30.2 Å². The Balaban J connectivity index is 2.21. The molecule has 2 aromatic rings. The van der Waals surface area contributed by atoms with Gasteiger partial charge in [0.1, 0.15) is 10.9 Å². The number of aromatic nitrogens is 1. The average Bonchev–Trinajstić information content (AvgIpc) is 2.89. The summed E-state index contributed by atoms with van der Waals surface area (Å²) in [6.45, 7) is 3.81. The molecule has 0 saturated carbocycles. The molecule has 0 fully saturated rings. The molecular formula is C15H16N2O3. The zero-order valence-corrected chi connectivity index (χ0v) is 11.5. The molecule has 1 aromatic carbocycles. The highest BCUT2D eigenvalue weighted by Crippen LogP contribution is 2.30. The molecular weight excluding hydrogens is 256 g/mol. The van der Waals surface area contributed by atoms with Crippen LogP contribution in [0.2, 0.25) is 0 Å². The molecule has 0 radical (unpaired) electrons. The van der Waals surface area contributed by atoms with Crippen LogP contribution < -0.4 is 0 Å². The van der Waals surface area contributed by atoms with Gasteiger partial charge in [0, 0.05) is 6.42 Å². The number of hydrogen-bond acceptors (Lipinski definition) is 5. The van der Waals surface area contributed by atoms with Crippen molar-refractivity contribution in [3.8, 4) is 6.07 Å². The van der Waals surface area contributed by atoms with E-state index >= 15 is 0 Å². The number of carbonyl (C=O) groups is 1. The van der Waals surface area contributed by atoms with E-state index < -0.39 is 5.41 Å². The molecule has 1 aromatic heterocycles. The predicted molar refractivity (Wildman–Crippen MR) is 72.8 cm³/mol. The molecule has 20 heavy (non-hydrogen) atoms. The number of nitrogens with zero attached hydrogens (tertiary/aromatic N) is 2. The first-order valence-electron chi connectivity index (χ1n) is 6.52. The van der Waals surface area contributed by atoms with Gasteiger partial charge in [0.15, 0.2) is 5.58 Å². The quantitative estimate of drug-likeness (QED) is 0.782. The van der Waals surface area contributed by atoms with Gasteiger partial charge < -0.3 is 9.15 Å². The molecule has 0 bridgehead atoms. The first kappa shape index (κ1) is 14.1. The number of benzene rings is 1. The fourth-order valence-corrected chi connectivity index (χ4v) is 1.90. The van der Waals surface area contributed by atoms with Crippen molar-refractivity contribution in [1.29, 1.82) is 5.26 Å². The molecule has 1 atom stereocenters. The number of rotatable bonds is 5. The smallest absolute Gasteiger partial charge is 0.305 e. The van der Waals surface area contributed by atoms with Crippen molar-refractivity contribution in [2.45, 2.75) is 32.1 Å². The van der Waals surface area contributed by atoms with Crippen molar-refractivity contribution >= 4 is 17.1 Å². The molecule has 0 aliphatic carbocycles. The summed E-state index contributed by atoms with van der Waals surface area (Å²) in [5.74, 6) is 0.0237. The van der Waals surface area contributed by atoms with E-state index in [1.165, 1.54) is 0 Å². The summed E-state index contributed by atoms with van der Waals surface area (Å²) in [6, 6.07) is 9.52. The third kappa shape index (κ3) is 2.80. The van der Waals surface area contributed by atoms with E-state index in [4.69, 9.17) is 9.15 Å². The molecule has 0 spiro atoms. The topological polar surface area (TPSA) is 76.1 Å². The van der Waals surface area contributed by atoms with Crippen LogP contribution in [0.3, 0.4) is 0 Å². The summed E-state index contributed by atoms with van der Waals surface area (Å²) in [5, 5.41) is 9.40. The Morgan fingerprint density at radius 1 is 1.50 bits per heavy atom. The van der Waals surface area contributed by atoms with Crippen LogP contribution in [-0.2, 0) is 14.9 Å². The fraction of sp³-hybridized carbons (Fsp3) is 0.400. The number of oxazole rings is 1. The molecule has 1 heterocycles. The van der Waals surface area contributed by atoms with Crippen LogP contribution in [0, 0.1) is 11.3 Å². The van der Waals surface area contributed by atoms with E-state index in [2.05, 4.69) is 11.1 Å². The molecule has 0 aliphatic rings. The summed E-state index contributed by atoms with van der Waals surface area (Å²) in [6.07, 6.45) is 0.478. The Morgan fingerprint density at radius 2 is 2.25 bits per heavy atom. The van der Waals surface area contributed by atoms with Gasteiger partial charge in [0.05, 0.1) is 12.7 Å². The van der Waals surface area contributed by atoms with Gasteiger partial charge in [-0.15, -0.1) is 0 Å². The monoisotopic (exact) mass is 272 g/mol. The molecule has 2 rings (SSSR count). The molecule has 5 nitrogen and oxygen atoms in total. The second kappa shape index (κ2) is 5.74. The van der Waals surface area contributed by atoms with Gasteiger partial charge in [0.25, 0.3) is 0 Å². The normalized spacial score (nSPS) is 13.7. The lowest BCUT2D eigenvalue weighted by Gasteiger charge is -2.16. The molecule has 1 unspecified atom stereocenters. The SMILES string of the molecule is CCOC(=O)CCC(C)(C#N)c1nc2ccccc2o1. The van der Waals surface area contributed by atoms with Crippen LogP contribution >= 0.6 is 0 Å². The van der Waals surface area contributed by atoms with Crippen LogP contribution in [-0.4, -0.2) is 17.6 Å². The van der Waals surface area contributed by atoms with Crippen molar-refractivity contribution in [2.75, 3.05) is 6.61 Å². The van der Waals surface area contributed by atoms with Gasteiger partial charge >= 0.3 is 5.97 Å². The summed E-state index contributed by atoms with van der Waals surface area (Å²) in [5.41, 5.74) is 0.409. The van der Waals surface area contributed by atoms with Crippen LogP contribution in [0.25, 0.3) is 11.1 Å². The summed E-state index contributed by atoms with van der Waals surface area (Å²) < 4.78 is 10.5. The Bertz CT molecular complexity index is 623. The standard InChI is InChI=1S/C15H16N2O3/c1-3-19-13(18)8-9-15(2,10-16)14-17-11-6-4-5-7-12(11)20-14/h4-7H,3,8-9H2,1-2H3. The Labute approximate surface area is 117 Å². The highest BCUT2D eigenvalue weighted by molar-refractivity contribution is 5.72. The van der Waals surface area contributed by atoms with Crippen LogP contribution in [0.15, 0.2) is 28.7 Å². The maximum Gasteiger partial charge on any atom is 0.305 e. The number of ether oxygens (including phenoxy) is 1. The Morgan fingerprint density at radius 3 is 2.90 bits per heavy atom. The lowest BCUT2D eigenvalue weighted by molar-refractivity contribution is -0.143. The lowest BCUT2D eigenvalue weighted by Crippen LogP contribution is -2.22. The van der Waals surface area contributed by atoms with Crippen LogP contribution in [0.1, 0.15) is 32.6 Å². The summed E-state index contributed by atoms with van der Waals surface area (Å²) >= 11 is 0. The highest BCUT2D eigenvalue weighted by atomic mass is 16.5. The van der Waals surface area contributed by atoms with E-state index in [1.54, 1.807) is 19.9 Å². The molecule has 104 valence electrons. The van der Waals surface area contributed by atoms with E-state index in [9.17, 15) is 10.1 Å². The zero-order valence-electron chi connectivity index (χ0n) is 11.5. The van der Waals surface area contributed by atoms with Gasteiger partial charge in [-0.2, -0.15) is 5.26 Å². The van der Waals surface area contributed by atoms with Gasteiger partial charge in [-0.25, -0.2) is 4.98 Å². The number of carbonyl (C=O) groups excluding carboxylic acids is 1. The van der Waals surface area contributed by atoms with Crippen molar-refractivity contribution in [1.82, 2.24) is 4.98 Å². The van der Waals surface area contributed by atoms with Crippen LogP contribution in [0.4, 0.5) is 0 Å². The summed E-state index contributed by atoms with van der Waals surface area (Å²) in [7, 11) is 0. The lowest BCUT2D eigenvalue weighted by atomic mass is 9.87. The zero-order chi connectivity index (χ0) is 14.6. The van der Waals surface area contributed by atoms with Gasteiger partial charge in [-0.05, 0) is 32.4 Å². The predicted octanol–water partition coefficient (Wildman–Crippen LogP) is 2.95. The van der Waals surface area contributed by atoms with E-state index in [1.807, 2.05) is 18.2 Å².